The van der Waals surface area contributed by atoms with Crippen molar-refractivity contribution >= 4 is 26.0 Å². The van der Waals surface area contributed by atoms with Crippen LogP contribution >= 0.6 is 15.9 Å². The summed E-state index contributed by atoms with van der Waals surface area (Å²) in [6.45, 7) is 0. The standard InChI is InChI=1S/C10H13BrN2O2S/c11-9-4-1-5-10(9)13-16(14,15)8-3-2-6-12-7-8/h2-3,6-7,9-10,13H,1,4-5H2. The molecule has 1 aromatic heterocycles. The van der Waals surface area contributed by atoms with E-state index in [1.165, 1.54) is 6.20 Å². The van der Waals surface area contributed by atoms with Crippen LogP contribution in [0.25, 0.3) is 0 Å². The van der Waals surface area contributed by atoms with Crippen LogP contribution < -0.4 is 4.72 Å². The normalized spacial score (nSPS) is 25.8. The number of aromatic nitrogens is 1. The van der Waals surface area contributed by atoms with Crippen molar-refractivity contribution in [3.63, 3.8) is 0 Å². The maximum Gasteiger partial charge on any atom is 0.242 e. The molecule has 1 aliphatic rings. The van der Waals surface area contributed by atoms with E-state index in [2.05, 4.69) is 25.6 Å². The number of nitrogens with one attached hydrogen (secondary N) is 1. The van der Waals surface area contributed by atoms with E-state index in [-0.39, 0.29) is 15.8 Å². The molecule has 2 rings (SSSR count). The van der Waals surface area contributed by atoms with Crippen LogP contribution in [0.5, 0.6) is 0 Å². The number of alkyl halides is 1. The highest BCUT2D eigenvalue weighted by atomic mass is 79.9. The first kappa shape index (κ1) is 12.0. The summed E-state index contributed by atoms with van der Waals surface area (Å²) in [6, 6.07) is 3.16. The van der Waals surface area contributed by atoms with Crippen molar-refractivity contribution in [2.75, 3.05) is 0 Å². The van der Waals surface area contributed by atoms with Gasteiger partial charge in [-0.05, 0) is 25.0 Å². The minimum atomic E-state index is -3.42. The largest absolute Gasteiger partial charge is 0.263 e. The molecule has 2 unspecified atom stereocenters. The molecule has 1 aromatic rings. The van der Waals surface area contributed by atoms with E-state index in [1.54, 1.807) is 18.3 Å². The molecule has 6 heteroatoms. The van der Waals surface area contributed by atoms with Gasteiger partial charge in [-0.15, -0.1) is 0 Å². The SMILES string of the molecule is O=S(=O)(NC1CCCC1Br)c1cccnc1. The second-order valence-electron chi connectivity index (χ2n) is 3.86. The minimum absolute atomic E-state index is 0.00907. The minimum Gasteiger partial charge on any atom is -0.263 e. The number of rotatable bonds is 3. The Morgan fingerprint density at radius 2 is 2.25 bits per heavy atom. The molecule has 1 N–H and O–H groups in total. The molecule has 1 saturated carbocycles. The molecule has 88 valence electrons. The van der Waals surface area contributed by atoms with Gasteiger partial charge in [0.15, 0.2) is 0 Å². The van der Waals surface area contributed by atoms with Crippen molar-refractivity contribution in [1.29, 1.82) is 0 Å². The van der Waals surface area contributed by atoms with Gasteiger partial charge in [0, 0.05) is 23.3 Å². The third-order valence-electron chi connectivity index (χ3n) is 2.68. The zero-order valence-corrected chi connectivity index (χ0v) is 11.0. The first-order valence-electron chi connectivity index (χ1n) is 5.16. The van der Waals surface area contributed by atoms with E-state index in [9.17, 15) is 8.42 Å². The summed E-state index contributed by atoms with van der Waals surface area (Å²) in [5.41, 5.74) is 0. The maximum atomic E-state index is 12.0. The van der Waals surface area contributed by atoms with Crippen molar-refractivity contribution in [2.45, 2.75) is 35.0 Å². The van der Waals surface area contributed by atoms with E-state index in [0.29, 0.717) is 0 Å². The predicted octanol–water partition coefficient (Wildman–Crippen LogP) is 1.68. The van der Waals surface area contributed by atoms with Crippen molar-refractivity contribution in [2.24, 2.45) is 0 Å². The average Bonchev–Trinajstić information content (AvgIpc) is 2.65. The van der Waals surface area contributed by atoms with Crippen molar-refractivity contribution in [3.05, 3.63) is 24.5 Å². The molecule has 2 atom stereocenters. The number of pyridine rings is 1. The van der Waals surface area contributed by atoms with Crippen LogP contribution in [0.3, 0.4) is 0 Å². The van der Waals surface area contributed by atoms with Crippen LogP contribution in [0.1, 0.15) is 19.3 Å². The summed E-state index contributed by atoms with van der Waals surface area (Å²) in [4.78, 5) is 4.27. The fourth-order valence-corrected chi connectivity index (χ4v) is 3.99. The molecule has 1 fully saturated rings. The highest BCUT2D eigenvalue weighted by molar-refractivity contribution is 9.09. The van der Waals surface area contributed by atoms with Gasteiger partial charge in [-0.3, -0.25) is 4.98 Å². The third kappa shape index (κ3) is 2.61. The van der Waals surface area contributed by atoms with Crippen LogP contribution in [-0.2, 0) is 10.0 Å². The van der Waals surface area contributed by atoms with Gasteiger partial charge in [0.1, 0.15) is 4.90 Å². The Morgan fingerprint density at radius 3 is 2.81 bits per heavy atom. The van der Waals surface area contributed by atoms with Crippen LogP contribution in [0.2, 0.25) is 0 Å². The summed E-state index contributed by atoms with van der Waals surface area (Å²) < 4.78 is 26.6. The summed E-state index contributed by atoms with van der Waals surface area (Å²) in [5.74, 6) is 0. The highest BCUT2D eigenvalue weighted by Crippen LogP contribution is 2.26. The molecular formula is C10H13BrN2O2S. The van der Waals surface area contributed by atoms with Gasteiger partial charge in [0.25, 0.3) is 0 Å². The number of halogens is 1. The Kier molecular flexibility index (Phi) is 3.61. The van der Waals surface area contributed by atoms with Crippen LogP contribution in [-0.4, -0.2) is 24.3 Å². The van der Waals surface area contributed by atoms with Crippen molar-refractivity contribution in [1.82, 2.24) is 9.71 Å². The number of hydrogen-bond acceptors (Lipinski definition) is 3. The first-order valence-corrected chi connectivity index (χ1v) is 7.56. The highest BCUT2D eigenvalue weighted by Gasteiger charge is 2.29. The molecule has 0 aliphatic heterocycles. The van der Waals surface area contributed by atoms with E-state index >= 15 is 0 Å². The molecule has 0 amide bonds. The zero-order valence-electron chi connectivity index (χ0n) is 8.64. The van der Waals surface area contributed by atoms with Crippen molar-refractivity contribution in [3.8, 4) is 0 Å². The number of nitrogens with zero attached hydrogens (tertiary/aromatic N) is 1. The monoisotopic (exact) mass is 304 g/mol. The lowest BCUT2D eigenvalue weighted by atomic mass is 10.3. The Hall–Kier alpha value is -0.460. The number of sulfonamides is 1. The van der Waals surface area contributed by atoms with E-state index in [4.69, 9.17) is 0 Å². The lowest BCUT2D eigenvalue weighted by Crippen LogP contribution is -2.37. The molecule has 0 radical (unpaired) electrons. The van der Waals surface area contributed by atoms with Gasteiger partial charge in [-0.25, -0.2) is 13.1 Å². The maximum absolute atomic E-state index is 12.0. The van der Waals surface area contributed by atoms with E-state index in [1.807, 2.05) is 0 Å². The van der Waals surface area contributed by atoms with Crippen LogP contribution in [0.4, 0.5) is 0 Å². The van der Waals surface area contributed by atoms with Gasteiger partial charge in [-0.1, -0.05) is 22.4 Å². The Bertz CT molecular complexity index is 449. The molecule has 1 heterocycles. The molecule has 0 aromatic carbocycles. The molecule has 0 bridgehead atoms. The molecule has 16 heavy (non-hydrogen) atoms. The second kappa shape index (κ2) is 4.81. The van der Waals surface area contributed by atoms with Gasteiger partial charge in [-0.2, -0.15) is 0 Å². The van der Waals surface area contributed by atoms with E-state index < -0.39 is 10.0 Å². The molecular weight excluding hydrogens is 292 g/mol. The smallest absolute Gasteiger partial charge is 0.242 e. The fraction of sp³-hybridized carbons (Fsp3) is 0.500. The summed E-state index contributed by atoms with van der Waals surface area (Å²) in [5, 5.41) is 0. The molecule has 0 spiro atoms. The molecule has 0 saturated heterocycles. The van der Waals surface area contributed by atoms with Gasteiger partial charge < -0.3 is 0 Å². The fourth-order valence-electron chi connectivity index (χ4n) is 1.82. The van der Waals surface area contributed by atoms with Crippen LogP contribution in [0, 0.1) is 0 Å². The van der Waals surface area contributed by atoms with Crippen molar-refractivity contribution < 1.29 is 8.42 Å². The Balaban J connectivity index is 2.15. The lowest BCUT2D eigenvalue weighted by Gasteiger charge is -2.15. The van der Waals surface area contributed by atoms with Crippen LogP contribution in [0.15, 0.2) is 29.4 Å². The van der Waals surface area contributed by atoms with Gasteiger partial charge in [0.05, 0.1) is 0 Å². The Labute approximate surface area is 104 Å². The summed E-state index contributed by atoms with van der Waals surface area (Å²) in [6.07, 6.45) is 5.87. The quantitative estimate of drug-likeness (QED) is 0.864. The van der Waals surface area contributed by atoms with E-state index in [0.717, 1.165) is 19.3 Å². The zero-order chi connectivity index (χ0) is 11.6. The summed E-state index contributed by atoms with van der Waals surface area (Å²) >= 11 is 3.49. The molecule has 1 aliphatic carbocycles. The topological polar surface area (TPSA) is 59.1 Å². The first-order chi connectivity index (χ1) is 7.59. The number of hydrogen-bond donors (Lipinski definition) is 1. The summed E-state index contributed by atoms with van der Waals surface area (Å²) in [7, 11) is -3.42. The van der Waals surface area contributed by atoms with Gasteiger partial charge >= 0.3 is 0 Å². The molecule has 4 nitrogen and oxygen atoms in total. The lowest BCUT2D eigenvalue weighted by molar-refractivity contribution is 0.556. The van der Waals surface area contributed by atoms with Gasteiger partial charge in [0.2, 0.25) is 10.0 Å². The Morgan fingerprint density at radius 1 is 1.44 bits per heavy atom. The third-order valence-corrected chi connectivity index (χ3v) is 5.25. The predicted molar refractivity (Wildman–Crippen MR) is 64.9 cm³/mol. The average molecular weight is 305 g/mol. The second-order valence-corrected chi connectivity index (χ2v) is 6.75.